The Morgan fingerprint density at radius 1 is 1.21 bits per heavy atom. The van der Waals surface area contributed by atoms with Crippen molar-refractivity contribution in [1.29, 1.82) is 0 Å². The molecule has 2 N–H and O–H groups in total. The Labute approximate surface area is 170 Å². The van der Waals surface area contributed by atoms with Gasteiger partial charge in [-0.05, 0) is 42.9 Å². The van der Waals surface area contributed by atoms with Crippen LogP contribution in [0.4, 0.5) is 5.69 Å². The van der Waals surface area contributed by atoms with Crippen LogP contribution in [0.2, 0.25) is 5.02 Å². The number of rotatable bonds is 6. The summed E-state index contributed by atoms with van der Waals surface area (Å²) in [6.45, 7) is 3.59. The molecule has 154 valence electrons. The normalized spacial score (nSPS) is 27.1. The van der Waals surface area contributed by atoms with Gasteiger partial charge in [-0.25, -0.2) is 0 Å². The van der Waals surface area contributed by atoms with Crippen LogP contribution in [0.5, 0.6) is 5.75 Å². The fraction of sp³-hybridized carbons (Fsp3) is 0.600. The topological polar surface area (TPSA) is 79.9 Å². The molecule has 0 radical (unpaired) electrons. The maximum absolute atomic E-state index is 12.5. The van der Waals surface area contributed by atoms with E-state index in [0.717, 1.165) is 25.9 Å². The maximum atomic E-state index is 12.5. The van der Waals surface area contributed by atoms with E-state index in [9.17, 15) is 9.59 Å². The van der Waals surface area contributed by atoms with Gasteiger partial charge < -0.3 is 20.1 Å². The minimum Gasteiger partial charge on any atom is -0.495 e. The molecule has 2 aliphatic rings. The summed E-state index contributed by atoms with van der Waals surface area (Å²) in [6.07, 6.45) is 1.81. The van der Waals surface area contributed by atoms with Crippen LogP contribution >= 0.6 is 11.6 Å². The summed E-state index contributed by atoms with van der Waals surface area (Å²) in [5.41, 5.74) is 0.651. The van der Waals surface area contributed by atoms with Crippen LogP contribution in [0.15, 0.2) is 18.2 Å². The fourth-order valence-electron chi connectivity index (χ4n) is 4.46. The molecule has 1 saturated heterocycles. The van der Waals surface area contributed by atoms with E-state index in [1.165, 1.54) is 6.92 Å². The number of ether oxygens (including phenoxy) is 2. The number of nitrogens with one attached hydrogen (secondary N) is 2. The molecule has 1 aliphatic heterocycles. The third-order valence-electron chi connectivity index (χ3n) is 5.69. The summed E-state index contributed by atoms with van der Waals surface area (Å²) in [4.78, 5) is 26.1. The lowest BCUT2D eigenvalue weighted by atomic mass is 9.77. The van der Waals surface area contributed by atoms with E-state index in [2.05, 4.69) is 15.5 Å². The molecule has 3 rings (SSSR count). The Morgan fingerprint density at radius 2 is 1.93 bits per heavy atom. The maximum Gasteiger partial charge on any atom is 0.238 e. The highest BCUT2D eigenvalue weighted by molar-refractivity contribution is 6.32. The second-order valence-corrected chi connectivity index (χ2v) is 8.07. The lowest BCUT2D eigenvalue weighted by molar-refractivity contribution is -0.121. The van der Waals surface area contributed by atoms with Crippen LogP contribution < -0.4 is 15.4 Å². The molecule has 0 aromatic heterocycles. The number of benzene rings is 1. The second-order valence-electron chi connectivity index (χ2n) is 7.66. The van der Waals surface area contributed by atoms with Crippen LogP contribution in [-0.4, -0.2) is 62.7 Å². The Morgan fingerprint density at radius 3 is 2.54 bits per heavy atom. The molecule has 4 atom stereocenters. The van der Waals surface area contributed by atoms with Gasteiger partial charge in [-0.2, -0.15) is 0 Å². The van der Waals surface area contributed by atoms with Gasteiger partial charge in [0.1, 0.15) is 5.75 Å². The summed E-state index contributed by atoms with van der Waals surface area (Å²) in [5, 5.41) is 6.37. The van der Waals surface area contributed by atoms with E-state index in [4.69, 9.17) is 21.1 Å². The standard InChI is InChI=1S/C20H28ClN3O4/c1-12(25)22-17-6-13-9-24(10-14(13)7-19(17)28-3)11-20(26)23-15-4-5-18(27-2)16(21)8-15/h4-5,8,13-14,17,19H,6-7,9-11H2,1-3H3,(H,22,25)(H,23,26)/t13-,14+,17-,19-/m1/s1. The first-order valence-corrected chi connectivity index (χ1v) is 9.93. The van der Waals surface area contributed by atoms with Crippen LogP contribution in [0, 0.1) is 11.8 Å². The van der Waals surface area contributed by atoms with Gasteiger partial charge >= 0.3 is 0 Å². The van der Waals surface area contributed by atoms with Crippen molar-refractivity contribution < 1.29 is 19.1 Å². The molecule has 1 aliphatic carbocycles. The van der Waals surface area contributed by atoms with Crippen LogP contribution in [0.3, 0.4) is 0 Å². The zero-order valence-electron chi connectivity index (χ0n) is 16.5. The van der Waals surface area contributed by atoms with Gasteiger partial charge in [-0.3, -0.25) is 14.5 Å². The van der Waals surface area contributed by atoms with Crippen molar-refractivity contribution >= 4 is 29.1 Å². The van der Waals surface area contributed by atoms with E-state index in [1.54, 1.807) is 32.4 Å². The average Bonchev–Trinajstić information content (AvgIpc) is 3.01. The highest BCUT2D eigenvalue weighted by atomic mass is 35.5. The Bertz CT molecular complexity index is 729. The van der Waals surface area contributed by atoms with E-state index in [-0.39, 0.29) is 24.0 Å². The molecule has 1 heterocycles. The van der Waals surface area contributed by atoms with Crippen molar-refractivity contribution in [3.05, 3.63) is 23.2 Å². The molecular weight excluding hydrogens is 382 g/mol. The number of halogens is 1. The molecule has 28 heavy (non-hydrogen) atoms. The number of anilines is 1. The SMILES string of the molecule is COc1ccc(NC(=O)CN2C[C@H]3C[C@@H](NC(C)=O)[C@H](OC)C[C@H]3C2)cc1Cl. The third kappa shape index (κ3) is 4.96. The molecular formula is C20H28ClN3O4. The van der Waals surface area contributed by atoms with Gasteiger partial charge in [0.05, 0.1) is 30.8 Å². The Balaban J connectivity index is 1.54. The molecule has 7 nitrogen and oxygen atoms in total. The summed E-state index contributed by atoms with van der Waals surface area (Å²) in [5.74, 6) is 1.42. The van der Waals surface area contributed by atoms with Crippen molar-refractivity contribution in [2.45, 2.75) is 31.9 Å². The quantitative estimate of drug-likeness (QED) is 0.752. The van der Waals surface area contributed by atoms with Crippen LogP contribution in [0.1, 0.15) is 19.8 Å². The Hall–Kier alpha value is -1.83. The number of fused-ring (bicyclic) bond motifs is 1. The van der Waals surface area contributed by atoms with Crippen LogP contribution in [0.25, 0.3) is 0 Å². The van der Waals surface area contributed by atoms with Gasteiger partial charge in [0.15, 0.2) is 0 Å². The third-order valence-corrected chi connectivity index (χ3v) is 5.98. The summed E-state index contributed by atoms with van der Waals surface area (Å²) in [6, 6.07) is 5.23. The smallest absolute Gasteiger partial charge is 0.238 e. The molecule has 0 bridgehead atoms. The van der Waals surface area contributed by atoms with Gasteiger partial charge in [0, 0.05) is 32.8 Å². The number of carbonyl (C=O) groups is 2. The number of hydrogen-bond donors (Lipinski definition) is 2. The van der Waals surface area contributed by atoms with Crippen molar-refractivity contribution in [2.75, 3.05) is 39.2 Å². The number of nitrogens with zero attached hydrogens (tertiary/aromatic N) is 1. The lowest BCUT2D eigenvalue weighted by Gasteiger charge is -2.37. The monoisotopic (exact) mass is 409 g/mol. The highest BCUT2D eigenvalue weighted by Gasteiger charge is 2.42. The molecule has 2 amide bonds. The first kappa shape index (κ1) is 20.9. The largest absolute Gasteiger partial charge is 0.495 e. The molecule has 1 saturated carbocycles. The minimum atomic E-state index is -0.0680. The predicted molar refractivity (Wildman–Crippen MR) is 108 cm³/mol. The molecule has 2 fully saturated rings. The fourth-order valence-corrected chi connectivity index (χ4v) is 4.72. The zero-order valence-corrected chi connectivity index (χ0v) is 17.3. The van der Waals surface area contributed by atoms with Gasteiger partial charge in [0.2, 0.25) is 11.8 Å². The summed E-state index contributed by atoms with van der Waals surface area (Å²) < 4.78 is 10.7. The first-order valence-electron chi connectivity index (χ1n) is 9.55. The van der Waals surface area contributed by atoms with Crippen LogP contribution in [-0.2, 0) is 14.3 Å². The number of carbonyl (C=O) groups excluding carboxylic acids is 2. The molecule has 1 aromatic rings. The number of likely N-dealkylation sites (tertiary alicyclic amines) is 1. The minimum absolute atomic E-state index is 0.0281. The number of hydrogen-bond acceptors (Lipinski definition) is 5. The molecule has 0 unspecified atom stereocenters. The summed E-state index contributed by atoms with van der Waals surface area (Å²) >= 11 is 6.11. The highest BCUT2D eigenvalue weighted by Crippen LogP contribution is 2.37. The predicted octanol–water partition coefficient (Wildman–Crippen LogP) is 2.15. The van der Waals surface area contributed by atoms with Crippen molar-refractivity contribution in [3.8, 4) is 5.75 Å². The molecule has 0 spiro atoms. The number of methoxy groups -OCH3 is 2. The van der Waals surface area contributed by atoms with Gasteiger partial charge in [-0.1, -0.05) is 11.6 Å². The van der Waals surface area contributed by atoms with Gasteiger partial charge in [-0.15, -0.1) is 0 Å². The molecule has 8 heteroatoms. The van der Waals surface area contributed by atoms with Crippen molar-refractivity contribution in [1.82, 2.24) is 10.2 Å². The second kappa shape index (κ2) is 9.11. The molecule has 1 aromatic carbocycles. The number of amides is 2. The van der Waals surface area contributed by atoms with E-state index < -0.39 is 0 Å². The lowest BCUT2D eigenvalue weighted by Crippen LogP contribution is -2.49. The van der Waals surface area contributed by atoms with Crippen molar-refractivity contribution in [3.63, 3.8) is 0 Å². The van der Waals surface area contributed by atoms with Crippen molar-refractivity contribution in [2.24, 2.45) is 11.8 Å². The summed E-state index contributed by atoms with van der Waals surface area (Å²) in [7, 11) is 3.25. The average molecular weight is 410 g/mol. The van der Waals surface area contributed by atoms with E-state index in [1.807, 2.05) is 0 Å². The van der Waals surface area contributed by atoms with E-state index in [0.29, 0.717) is 34.8 Å². The van der Waals surface area contributed by atoms with Gasteiger partial charge in [0.25, 0.3) is 0 Å². The Kier molecular flexibility index (Phi) is 6.80. The zero-order chi connectivity index (χ0) is 20.3. The van der Waals surface area contributed by atoms with E-state index >= 15 is 0 Å². The first-order chi connectivity index (χ1) is 13.4.